The van der Waals surface area contributed by atoms with Crippen molar-refractivity contribution in [2.24, 2.45) is 5.92 Å². The third-order valence-electron chi connectivity index (χ3n) is 2.83. The monoisotopic (exact) mass is 178 g/mol. The predicted molar refractivity (Wildman–Crippen MR) is 50.4 cm³/mol. The van der Waals surface area contributed by atoms with Crippen LogP contribution in [-0.4, -0.2) is 10.2 Å². The van der Waals surface area contributed by atoms with E-state index in [1.165, 1.54) is 6.42 Å². The van der Waals surface area contributed by atoms with Crippen LogP contribution in [-0.2, 0) is 0 Å². The van der Waals surface area contributed by atoms with Crippen molar-refractivity contribution in [3.05, 3.63) is 29.8 Å². The number of phenolic OH excluding ortho intramolecular Hbond substituents is 1. The number of rotatable bonds is 2. The first-order chi connectivity index (χ1) is 6.27. The van der Waals surface area contributed by atoms with Gasteiger partial charge in [0.1, 0.15) is 5.75 Å². The average Bonchev–Trinajstić information content (AvgIpc) is 2.02. The molecule has 0 aromatic heterocycles. The zero-order valence-corrected chi connectivity index (χ0v) is 7.48. The van der Waals surface area contributed by atoms with Gasteiger partial charge in [-0.3, -0.25) is 0 Å². The summed E-state index contributed by atoms with van der Waals surface area (Å²) in [5, 5.41) is 18.9. The van der Waals surface area contributed by atoms with Gasteiger partial charge in [0.05, 0.1) is 6.10 Å². The minimum atomic E-state index is -0.339. The van der Waals surface area contributed by atoms with E-state index in [0.717, 1.165) is 18.4 Å². The lowest BCUT2D eigenvalue weighted by Crippen LogP contribution is -2.19. The lowest BCUT2D eigenvalue weighted by atomic mass is 9.79. The molecule has 0 spiro atoms. The summed E-state index contributed by atoms with van der Waals surface area (Å²) in [6.45, 7) is 0. The molecule has 1 unspecified atom stereocenters. The summed E-state index contributed by atoms with van der Waals surface area (Å²) >= 11 is 0. The first kappa shape index (κ1) is 8.57. The van der Waals surface area contributed by atoms with Crippen LogP contribution < -0.4 is 0 Å². The Balaban J connectivity index is 2.10. The van der Waals surface area contributed by atoms with Crippen molar-refractivity contribution in [3.8, 4) is 5.75 Å². The number of benzene rings is 1. The van der Waals surface area contributed by atoms with Crippen LogP contribution in [0.5, 0.6) is 5.75 Å². The van der Waals surface area contributed by atoms with E-state index < -0.39 is 0 Å². The zero-order chi connectivity index (χ0) is 9.26. The minimum Gasteiger partial charge on any atom is -0.508 e. The van der Waals surface area contributed by atoms with Gasteiger partial charge < -0.3 is 10.2 Å². The van der Waals surface area contributed by atoms with E-state index >= 15 is 0 Å². The van der Waals surface area contributed by atoms with Gasteiger partial charge in [-0.25, -0.2) is 0 Å². The average molecular weight is 178 g/mol. The van der Waals surface area contributed by atoms with E-state index in [0.29, 0.717) is 5.92 Å². The largest absolute Gasteiger partial charge is 0.508 e. The molecule has 0 saturated heterocycles. The Kier molecular flexibility index (Phi) is 2.23. The van der Waals surface area contributed by atoms with Gasteiger partial charge in [0, 0.05) is 0 Å². The number of hydrogen-bond acceptors (Lipinski definition) is 2. The number of aromatic hydroxyl groups is 1. The molecule has 0 bridgehead atoms. The van der Waals surface area contributed by atoms with Crippen molar-refractivity contribution >= 4 is 0 Å². The molecule has 1 saturated carbocycles. The van der Waals surface area contributed by atoms with E-state index in [-0.39, 0.29) is 11.9 Å². The summed E-state index contributed by atoms with van der Waals surface area (Å²) in [7, 11) is 0. The van der Waals surface area contributed by atoms with Crippen LogP contribution in [0.1, 0.15) is 30.9 Å². The summed E-state index contributed by atoms with van der Waals surface area (Å²) < 4.78 is 0. The summed E-state index contributed by atoms with van der Waals surface area (Å²) in [6, 6.07) is 6.82. The van der Waals surface area contributed by atoms with Crippen molar-refractivity contribution in [2.75, 3.05) is 0 Å². The Morgan fingerprint density at radius 1 is 1.15 bits per heavy atom. The molecule has 2 rings (SSSR count). The van der Waals surface area contributed by atoms with Crippen LogP contribution in [0.3, 0.4) is 0 Å². The molecule has 1 aromatic rings. The van der Waals surface area contributed by atoms with Crippen molar-refractivity contribution in [2.45, 2.75) is 25.4 Å². The molecule has 0 amide bonds. The molecule has 1 aliphatic rings. The standard InChI is InChI=1S/C11H14O2/c12-10-6-4-9(5-7-10)11(13)8-2-1-3-8/h4-8,11-13H,1-3H2. The van der Waals surface area contributed by atoms with Crippen LogP contribution in [0.25, 0.3) is 0 Å². The quantitative estimate of drug-likeness (QED) is 0.729. The SMILES string of the molecule is Oc1ccc(C(O)C2CCC2)cc1. The molecular weight excluding hydrogens is 164 g/mol. The lowest BCUT2D eigenvalue weighted by Gasteiger charge is -2.30. The Labute approximate surface area is 77.8 Å². The lowest BCUT2D eigenvalue weighted by molar-refractivity contribution is 0.0621. The minimum absolute atomic E-state index is 0.254. The van der Waals surface area contributed by atoms with Crippen LogP contribution >= 0.6 is 0 Å². The predicted octanol–water partition coefficient (Wildman–Crippen LogP) is 2.23. The molecule has 2 nitrogen and oxygen atoms in total. The zero-order valence-electron chi connectivity index (χ0n) is 7.48. The van der Waals surface area contributed by atoms with Gasteiger partial charge in [-0.05, 0) is 36.5 Å². The second-order valence-corrected chi connectivity index (χ2v) is 3.73. The fourth-order valence-corrected chi connectivity index (χ4v) is 1.70. The normalized spacial score (nSPS) is 19.5. The van der Waals surface area contributed by atoms with Crippen molar-refractivity contribution in [1.29, 1.82) is 0 Å². The smallest absolute Gasteiger partial charge is 0.115 e. The summed E-state index contributed by atoms with van der Waals surface area (Å²) in [5.74, 6) is 0.689. The highest BCUT2D eigenvalue weighted by atomic mass is 16.3. The summed E-state index contributed by atoms with van der Waals surface area (Å²) in [6.07, 6.45) is 3.15. The van der Waals surface area contributed by atoms with E-state index in [1.54, 1.807) is 24.3 Å². The van der Waals surface area contributed by atoms with Gasteiger partial charge in [0.25, 0.3) is 0 Å². The van der Waals surface area contributed by atoms with Gasteiger partial charge >= 0.3 is 0 Å². The van der Waals surface area contributed by atoms with Gasteiger partial charge in [0.15, 0.2) is 0 Å². The number of aliphatic hydroxyl groups is 1. The van der Waals surface area contributed by atoms with Gasteiger partial charge in [-0.2, -0.15) is 0 Å². The molecule has 1 aliphatic carbocycles. The maximum Gasteiger partial charge on any atom is 0.115 e. The molecule has 2 heteroatoms. The van der Waals surface area contributed by atoms with Gasteiger partial charge in [0.2, 0.25) is 0 Å². The fourth-order valence-electron chi connectivity index (χ4n) is 1.70. The Morgan fingerprint density at radius 3 is 2.23 bits per heavy atom. The summed E-state index contributed by atoms with van der Waals surface area (Å²) in [5.41, 5.74) is 0.919. The molecule has 1 atom stereocenters. The van der Waals surface area contributed by atoms with Crippen molar-refractivity contribution in [1.82, 2.24) is 0 Å². The first-order valence-electron chi connectivity index (χ1n) is 4.74. The Bertz CT molecular complexity index is 275. The topological polar surface area (TPSA) is 40.5 Å². The van der Waals surface area contributed by atoms with E-state index in [9.17, 15) is 5.11 Å². The number of aliphatic hydroxyl groups excluding tert-OH is 1. The molecular formula is C11H14O2. The van der Waals surface area contributed by atoms with Crippen molar-refractivity contribution in [3.63, 3.8) is 0 Å². The third-order valence-corrected chi connectivity index (χ3v) is 2.83. The van der Waals surface area contributed by atoms with Crippen LogP contribution in [0.2, 0.25) is 0 Å². The molecule has 0 heterocycles. The Morgan fingerprint density at radius 2 is 1.77 bits per heavy atom. The molecule has 1 fully saturated rings. The highest BCUT2D eigenvalue weighted by Gasteiger charge is 2.26. The number of phenols is 1. The van der Waals surface area contributed by atoms with E-state index in [1.807, 2.05) is 0 Å². The van der Waals surface area contributed by atoms with Crippen LogP contribution in [0.15, 0.2) is 24.3 Å². The molecule has 13 heavy (non-hydrogen) atoms. The number of hydrogen-bond donors (Lipinski definition) is 2. The van der Waals surface area contributed by atoms with E-state index in [2.05, 4.69) is 0 Å². The van der Waals surface area contributed by atoms with Gasteiger partial charge in [-0.15, -0.1) is 0 Å². The van der Waals surface area contributed by atoms with Gasteiger partial charge in [-0.1, -0.05) is 18.6 Å². The highest BCUT2D eigenvalue weighted by Crippen LogP contribution is 2.37. The first-order valence-corrected chi connectivity index (χ1v) is 4.74. The Hall–Kier alpha value is -1.02. The maximum atomic E-state index is 9.85. The summed E-state index contributed by atoms with van der Waals surface area (Å²) in [4.78, 5) is 0. The molecule has 1 aromatic carbocycles. The molecule has 70 valence electrons. The highest BCUT2D eigenvalue weighted by molar-refractivity contribution is 5.27. The van der Waals surface area contributed by atoms with E-state index in [4.69, 9.17) is 5.11 Å². The van der Waals surface area contributed by atoms with Crippen molar-refractivity contribution < 1.29 is 10.2 Å². The van der Waals surface area contributed by atoms with Crippen LogP contribution in [0.4, 0.5) is 0 Å². The second kappa shape index (κ2) is 3.38. The fraction of sp³-hybridized carbons (Fsp3) is 0.455. The molecule has 0 aliphatic heterocycles. The third kappa shape index (κ3) is 1.68. The maximum absolute atomic E-state index is 9.85. The second-order valence-electron chi connectivity index (χ2n) is 3.73. The van der Waals surface area contributed by atoms with Crippen LogP contribution in [0, 0.1) is 5.92 Å². The molecule has 0 radical (unpaired) electrons. The molecule has 2 N–H and O–H groups in total.